The molecule has 1 aliphatic heterocycles. The number of aryl methyl sites for hydroxylation is 2. The molecule has 0 atom stereocenters. The zero-order chi connectivity index (χ0) is 15.4. The van der Waals surface area contributed by atoms with Gasteiger partial charge in [0.15, 0.2) is 0 Å². The Morgan fingerprint density at radius 2 is 1.59 bits per heavy atom. The third kappa shape index (κ3) is 3.72. The molecule has 0 saturated carbocycles. The van der Waals surface area contributed by atoms with Gasteiger partial charge in [0, 0.05) is 39.1 Å². The van der Waals surface area contributed by atoms with Gasteiger partial charge in [-0.2, -0.15) is 0 Å². The maximum absolute atomic E-state index is 5.60. The van der Waals surface area contributed by atoms with Crippen LogP contribution in [0.15, 0.2) is 28.7 Å². The second-order valence-corrected chi connectivity index (χ2v) is 5.92. The first-order chi connectivity index (χ1) is 10.7. The SMILES string of the molecule is CCc1nnc(CN2CCN(Cc3ccccc3C)CC2)o1. The van der Waals surface area contributed by atoms with Crippen LogP contribution in [-0.2, 0) is 19.5 Å². The summed E-state index contributed by atoms with van der Waals surface area (Å²) >= 11 is 0. The Balaban J connectivity index is 1.49. The maximum atomic E-state index is 5.60. The van der Waals surface area contributed by atoms with Gasteiger partial charge >= 0.3 is 0 Å². The van der Waals surface area contributed by atoms with Crippen LogP contribution in [0.4, 0.5) is 0 Å². The lowest BCUT2D eigenvalue weighted by Crippen LogP contribution is -2.45. The van der Waals surface area contributed by atoms with Crippen LogP contribution in [0.5, 0.6) is 0 Å². The van der Waals surface area contributed by atoms with E-state index in [1.54, 1.807) is 0 Å². The number of piperazine rings is 1. The fourth-order valence-corrected chi connectivity index (χ4v) is 2.82. The minimum absolute atomic E-state index is 0.730. The molecule has 2 heterocycles. The van der Waals surface area contributed by atoms with E-state index in [1.807, 2.05) is 6.92 Å². The molecule has 0 spiro atoms. The average molecular weight is 300 g/mol. The van der Waals surface area contributed by atoms with Crippen LogP contribution in [-0.4, -0.2) is 46.2 Å². The van der Waals surface area contributed by atoms with Crippen molar-refractivity contribution in [3.63, 3.8) is 0 Å². The number of benzene rings is 1. The van der Waals surface area contributed by atoms with Gasteiger partial charge in [-0.05, 0) is 18.1 Å². The summed E-state index contributed by atoms with van der Waals surface area (Å²) in [6.45, 7) is 10.3. The summed E-state index contributed by atoms with van der Waals surface area (Å²) < 4.78 is 5.60. The quantitative estimate of drug-likeness (QED) is 0.847. The summed E-state index contributed by atoms with van der Waals surface area (Å²) in [4.78, 5) is 4.91. The Labute approximate surface area is 131 Å². The summed E-state index contributed by atoms with van der Waals surface area (Å²) in [5, 5.41) is 8.13. The molecule has 0 amide bonds. The highest BCUT2D eigenvalue weighted by Crippen LogP contribution is 2.13. The van der Waals surface area contributed by atoms with E-state index in [9.17, 15) is 0 Å². The molecule has 1 aromatic carbocycles. The number of rotatable bonds is 5. The number of nitrogens with zero attached hydrogens (tertiary/aromatic N) is 4. The lowest BCUT2D eigenvalue weighted by atomic mass is 10.1. The fraction of sp³-hybridized carbons (Fsp3) is 0.529. The van der Waals surface area contributed by atoms with Gasteiger partial charge in [-0.25, -0.2) is 0 Å². The Hall–Kier alpha value is -1.72. The highest BCUT2D eigenvalue weighted by Gasteiger charge is 2.19. The van der Waals surface area contributed by atoms with Crippen molar-refractivity contribution in [2.24, 2.45) is 0 Å². The van der Waals surface area contributed by atoms with E-state index in [-0.39, 0.29) is 0 Å². The molecule has 1 aliphatic rings. The average Bonchev–Trinajstić information content (AvgIpc) is 2.99. The molecule has 0 N–H and O–H groups in total. The molecular formula is C17H24N4O. The molecule has 22 heavy (non-hydrogen) atoms. The Morgan fingerprint density at radius 1 is 0.955 bits per heavy atom. The minimum Gasteiger partial charge on any atom is -0.424 e. The van der Waals surface area contributed by atoms with Gasteiger partial charge in [0.1, 0.15) is 0 Å². The van der Waals surface area contributed by atoms with Crippen LogP contribution < -0.4 is 0 Å². The molecular weight excluding hydrogens is 276 g/mol. The molecule has 1 fully saturated rings. The second kappa shape index (κ2) is 7.03. The van der Waals surface area contributed by atoms with E-state index in [2.05, 4.69) is 51.2 Å². The zero-order valence-corrected chi connectivity index (χ0v) is 13.5. The Kier molecular flexibility index (Phi) is 4.85. The van der Waals surface area contributed by atoms with Crippen molar-refractivity contribution in [3.8, 4) is 0 Å². The summed E-state index contributed by atoms with van der Waals surface area (Å²) in [5.74, 6) is 1.47. The van der Waals surface area contributed by atoms with Crippen molar-refractivity contribution in [2.75, 3.05) is 26.2 Å². The topological polar surface area (TPSA) is 45.4 Å². The molecule has 5 nitrogen and oxygen atoms in total. The zero-order valence-electron chi connectivity index (χ0n) is 13.5. The molecule has 1 saturated heterocycles. The molecule has 0 radical (unpaired) electrons. The Morgan fingerprint density at radius 3 is 2.23 bits per heavy atom. The van der Waals surface area contributed by atoms with Gasteiger partial charge < -0.3 is 4.42 Å². The molecule has 0 bridgehead atoms. The van der Waals surface area contributed by atoms with Gasteiger partial charge in [-0.3, -0.25) is 9.80 Å². The summed E-state index contributed by atoms with van der Waals surface area (Å²) in [7, 11) is 0. The normalized spacial score (nSPS) is 17.0. The van der Waals surface area contributed by atoms with Gasteiger partial charge in [0.25, 0.3) is 0 Å². The number of hydrogen-bond donors (Lipinski definition) is 0. The van der Waals surface area contributed by atoms with Crippen LogP contribution in [0.2, 0.25) is 0 Å². The predicted molar refractivity (Wildman–Crippen MR) is 85.4 cm³/mol. The van der Waals surface area contributed by atoms with Crippen LogP contribution in [0.1, 0.15) is 29.8 Å². The van der Waals surface area contributed by atoms with E-state index < -0.39 is 0 Å². The highest BCUT2D eigenvalue weighted by molar-refractivity contribution is 5.25. The van der Waals surface area contributed by atoms with Crippen molar-refractivity contribution in [3.05, 3.63) is 47.2 Å². The molecule has 3 rings (SSSR count). The van der Waals surface area contributed by atoms with E-state index in [1.165, 1.54) is 11.1 Å². The monoisotopic (exact) mass is 300 g/mol. The maximum Gasteiger partial charge on any atom is 0.230 e. The van der Waals surface area contributed by atoms with Crippen LogP contribution in [0.25, 0.3) is 0 Å². The first-order valence-corrected chi connectivity index (χ1v) is 8.05. The van der Waals surface area contributed by atoms with Crippen molar-refractivity contribution in [2.45, 2.75) is 33.4 Å². The van der Waals surface area contributed by atoms with Crippen LogP contribution >= 0.6 is 0 Å². The number of aromatic nitrogens is 2. The lowest BCUT2D eigenvalue weighted by molar-refractivity contribution is 0.114. The largest absolute Gasteiger partial charge is 0.424 e. The van der Waals surface area contributed by atoms with E-state index >= 15 is 0 Å². The fourth-order valence-electron chi connectivity index (χ4n) is 2.82. The molecule has 5 heteroatoms. The summed E-state index contributed by atoms with van der Waals surface area (Å²) in [6, 6.07) is 8.64. The van der Waals surface area contributed by atoms with Gasteiger partial charge in [-0.15, -0.1) is 10.2 Å². The molecule has 1 aromatic heterocycles. The highest BCUT2D eigenvalue weighted by atomic mass is 16.4. The van der Waals surface area contributed by atoms with Crippen molar-refractivity contribution >= 4 is 0 Å². The lowest BCUT2D eigenvalue weighted by Gasteiger charge is -2.34. The van der Waals surface area contributed by atoms with Crippen molar-refractivity contribution in [1.82, 2.24) is 20.0 Å². The van der Waals surface area contributed by atoms with Crippen LogP contribution in [0.3, 0.4) is 0 Å². The van der Waals surface area contributed by atoms with Crippen LogP contribution in [0, 0.1) is 6.92 Å². The summed E-state index contributed by atoms with van der Waals surface area (Å²) in [5.41, 5.74) is 2.81. The first kappa shape index (κ1) is 15.2. The second-order valence-electron chi connectivity index (χ2n) is 5.92. The first-order valence-electron chi connectivity index (χ1n) is 8.05. The Bertz CT molecular complexity index is 602. The molecule has 0 unspecified atom stereocenters. The van der Waals surface area contributed by atoms with E-state index in [0.29, 0.717) is 0 Å². The van der Waals surface area contributed by atoms with Gasteiger partial charge in [-0.1, -0.05) is 31.2 Å². The predicted octanol–water partition coefficient (Wildman–Crippen LogP) is 2.26. The number of hydrogen-bond acceptors (Lipinski definition) is 5. The summed E-state index contributed by atoms with van der Waals surface area (Å²) in [6.07, 6.45) is 0.803. The third-order valence-corrected chi connectivity index (χ3v) is 4.29. The molecule has 2 aromatic rings. The molecule has 118 valence electrons. The van der Waals surface area contributed by atoms with Gasteiger partial charge in [0.2, 0.25) is 11.8 Å². The van der Waals surface area contributed by atoms with E-state index in [4.69, 9.17) is 4.42 Å². The van der Waals surface area contributed by atoms with E-state index in [0.717, 1.165) is 57.5 Å². The van der Waals surface area contributed by atoms with Gasteiger partial charge in [0.05, 0.1) is 6.54 Å². The standard InChI is InChI=1S/C17H24N4O/c1-3-16-18-19-17(22-16)13-21-10-8-20(9-11-21)12-15-7-5-4-6-14(15)2/h4-7H,3,8-13H2,1-2H3. The molecule has 0 aliphatic carbocycles. The third-order valence-electron chi connectivity index (χ3n) is 4.29. The van der Waals surface area contributed by atoms with Crippen molar-refractivity contribution < 1.29 is 4.42 Å². The minimum atomic E-state index is 0.730. The smallest absolute Gasteiger partial charge is 0.230 e. The van der Waals surface area contributed by atoms with Crippen molar-refractivity contribution in [1.29, 1.82) is 0 Å².